The molecule has 0 saturated heterocycles. The van der Waals surface area contributed by atoms with Gasteiger partial charge in [0.15, 0.2) is 5.76 Å². The summed E-state index contributed by atoms with van der Waals surface area (Å²) >= 11 is 0. The molecule has 3 rings (SSSR count). The second-order valence-corrected chi connectivity index (χ2v) is 3.96. The SMILES string of the molecule is O=C(c1ccc(-c2ccccc2)[nH]1)c1ccco1. The molecule has 0 atom stereocenters. The normalized spacial score (nSPS) is 10.4. The maximum Gasteiger partial charge on any atom is 0.244 e. The summed E-state index contributed by atoms with van der Waals surface area (Å²) in [6.45, 7) is 0. The van der Waals surface area contributed by atoms with Crippen LogP contribution in [0.2, 0.25) is 0 Å². The molecule has 0 amide bonds. The van der Waals surface area contributed by atoms with Crippen molar-refractivity contribution in [2.45, 2.75) is 0 Å². The van der Waals surface area contributed by atoms with Crippen molar-refractivity contribution in [2.24, 2.45) is 0 Å². The molecule has 0 spiro atoms. The molecule has 3 nitrogen and oxygen atoms in total. The molecule has 0 unspecified atom stereocenters. The van der Waals surface area contributed by atoms with Gasteiger partial charge in [-0.15, -0.1) is 0 Å². The molecule has 18 heavy (non-hydrogen) atoms. The zero-order valence-electron chi connectivity index (χ0n) is 9.59. The Morgan fingerprint density at radius 1 is 0.944 bits per heavy atom. The fourth-order valence-electron chi connectivity index (χ4n) is 1.85. The van der Waals surface area contributed by atoms with E-state index in [4.69, 9.17) is 4.42 Å². The Hall–Kier alpha value is -2.55. The number of H-pyrrole nitrogens is 1. The molecule has 88 valence electrons. The van der Waals surface area contributed by atoms with Crippen LogP contribution in [0, 0.1) is 0 Å². The summed E-state index contributed by atoms with van der Waals surface area (Å²) < 4.78 is 5.10. The standard InChI is InChI=1S/C15H11NO2/c17-15(14-7-4-10-18-14)13-9-8-12(16-13)11-5-2-1-3-6-11/h1-10,16H. The van der Waals surface area contributed by atoms with Gasteiger partial charge in [-0.05, 0) is 29.8 Å². The number of hydrogen-bond acceptors (Lipinski definition) is 2. The molecule has 3 aromatic rings. The first-order chi connectivity index (χ1) is 8.84. The summed E-state index contributed by atoms with van der Waals surface area (Å²) in [5.74, 6) is 0.207. The average Bonchev–Trinajstić information content (AvgIpc) is 3.10. The fourth-order valence-corrected chi connectivity index (χ4v) is 1.85. The van der Waals surface area contributed by atoms with E-state index in [0.29, 0.717) is 11.5 Å². The number of carbonyl (C=O) groups excluding carboxylic acids is 1. The van der Waals surface area contributed by atoms with Crippen LogP contribution in [0.25, 0.3) is 11.3 Å². The number of carbonyl (C=O) groups is 1. The van der Waals surface area contributed by atoms with Gasteiger partial charge in [-0.2, -0.15) is 0 Å². The summed E-state index contributed by atoms with van der Waals surface area (Å²) in [5, 5.41) is 0. The van der Waals surface area contributed by atoms with Gasteiger partial charge in [0.25, 0.3) is 0 Å². The van der Waals surface area contributed by atoms with Crippen molar-refractivity contribution < 1.29 is 9.21 Å². The van der Waals surface area contributed by atoms with E-state index < -0.39 is 0 Å². The van der Waals surface area contributed by atoms with Crippen molar-refractivity contribution in [1.82, 2.24) is 4.98 Å². The highest BCUT2D eigenvalue weighted by Crippen LogP contribution is 2.19. The Kier molecular flexibility index (Phi) is 2.57. The van der Waals surface area contributed by atoms with Gasteiger partial charge in [0.05, 0.1) is 12.0 Å². The molecular weight excluding hydrogens is 226 g/mol. The molecule has 0 saturated carbocycles. The predicted molar refractivity (Wildman–Crippen MR) is 68.4 cm³/mol. The first kappa shape index (κ1) is 10.6. The van der Waals surface area contributed by atoms with Gasteiger partial charge in [-0.1, -0.05) is 30.3 Å². The molecule has 0 aliphatic carbocycles. The third-order valence-electron chi connectivity index (χ3n) is 2.76. The maximum absolute atomic E-state index is 12.0. The molecule has 0 aliphatic rings. The number of benzene rings is 1. The first-order valence-corrected chi connectivity index (χ1v) is 5.67. The molecule has 1 aromatic carbocycles. The van der Waals surface area contributed by atoms with Crippen LogP contribution in [-0.2, 0) is 0 Å². The summed E-state index contributed by atoms with van der Waals surface area (Å²) in [6, 6.07) is 16.9. The lowest BCUT2D eigenvalue weighted by atomic mass is 10.2. The molecular formula is C15H11NO2. The topological polar surface area (TPSA) is 46.0 Å². The summed E-state index contributed by atoms with van der Waals surface area (Å²) in [4.78, 5) is 15.1. The van der Waals surface area contributed by atoms with Crippen LogP contribution in [0.4, 0.5) is 0 Å². The fraction of sp³-hybridized carbons (Fsp3) is 0. The van der Waals surface area contributed by atoms with Crippen LogP contribution in [0.1, 0.15) is 16.2 Å². The summed E-state index contributed by atoms with van der Waals surface area (Å²) in [6.07, 6.45) is 1.49. The van der Waals surface area contributed by atoms with Gasteiger partial charge in [0.2, 0.25) is 5.78 Å². The Morgan fingerprint density at radius 2 is 1.78 bits per heavy atom. The monoisotopic (exact) mass is 237 g/mol. The number of nitrogens with one attached hydrogen (secondary N) is 1. The van der Waals surface area contributed by atoms with Gasteiger partial charge < -0.3 is 9.40 Å². The van der Waals surface area contributed by atoms with Crippen LogP contribution < -0.4 is 0 Å². The van der Waals surface area contributed by atoms with E-state index in [-0.39, 0.29) is 5.78 Å². The van der Waals surface area contributed by atoms with Gasteiger partial charge in [-0.3, -0.25) is 4.79 Å². The number of aromatic nitrogens is 1. The van der Waals surface area contributed by atoms with Gasteiger partial charge in [0.1, 0.15) is 0 Å². The van der Waals surface area contributed by atoms with E-state index >= 15 is 0 Å². The summed E-state index contributed by atoms with van der Waals surface area (Å²) in [7, 11) is 0. The number of ketones is 1. The molecule has 2 aromatic heterocycles. The quantitative estimate of drug-likeness (QED) is 0.708. The van der Waals surface area contributed by atoms with Crippen LogP contribution in [-0.4, -0.2) is 10.8 Å². The molecule has 0 bridgehead atoms. The van der Waals surface area contributed by atoms with Crippen LogP contribution in [0.5, 0.6) is 0 Å². The minimum atomic E-state index is -0.137. The minimum Gasteiger partial charge on any atom is -0.461 e. The number of hydrogen-bond donors (Lipinski definition) is 1. The van der Waals surface area contributed by atoms with E-state index in [1.807, 2.05) is 36.4 Å². The molecule has 0 fully saturated rings. The lowest BCUT2D eigenvalue weighted by Crippen LogP contribution is -1.99. The Labute approximate surface area is 104 Å². The molecule has 0 radical (unpaired) electrons. The lowest BCUT2D eigenvalue weighted by molar-refractivity contribution is 0.100. The molecule has 0 aliphatic heterocycles. The largest absolute Gasteiger partial charge is 0.461 e. The van der Waals surface area contributed by atoms with Crippen molar-refractivity contribution in [3.8, 4) is 11.3 Å². The van der Waals surface area contributed by atoms with E-state index in [1.165, 1.54) is 6.26 Å². The molecule has 3 heteroatoms. The zero-order chi connectivity index (χ0) is 12.4. The molecule has 1 N–H and O–H groups in total. The second-order valence-electron chi connectivity index (χ2n) is 3.96. The number of aromatic amines is 1. The third-order valence-corrected chi connectivity index (χ3v) is 2.76. The van der Waals surface area contributed by atoms with Crippen LogP contribution >= 0.6 is 0 Å². The van der Waals surface area contributed by atoms with Crippen molar-refractivity contribution in [1.29, 1.82) is 0 Å². The highest BCUT2D eigenvalue weighted by Gasteiger charge is 2.13. The zero-order valence-corrected chi connectivity index (χ0v) is 9.59. The van der Waals surface area contributed by atoms with E-state index in [2.05, 4.69) is 4.98 Å². The average molecular weight is 237 g/mol. The van der Waals surface area contributed by atoms with Crippen LogP contribution in [0.15, 0.2) is 65.3 Å². The van der Waals surface area contributed by atoms with Crippen molar-refractivity contribution in [3.63, 3.8) is 0 Å². The Morgan fingerprint density at radius 3 is 2.50 bits per heavy atom. The van der Waals surface area contributed by atoms with E-state index in [9.17, 15) is 4.79 Å². The highest BCUT2D eigenvalue weighted by molar-refractivity contribution is 6.06. The van der Waals surface area contributed by atoms with Gasteiger partial charge in [-0.25, -0.2) is 0 Å². The Bertz CT molecular complexity index is 651. The second kappa shape index (κ2) is 4.37. The smallest absolute Gasteiger partial charge is 0.244 e. The molecule has 2 heterocycles. The minimum absolute atomic E-state index is 0.137. The lowest BCUT2D eigenvalue weighted by Gasteiger charge is -1.97. The van der Waals surface area contributed by atoms with Crippen molar-refractivity contribution in [3.05, 3.63) is 72.3 Å². The van der Waals surface area contributed by atoms with Crippen molar-refractivity contribution >= 4 is 5.78 Å². The number of furan rings is 1. The maximum atomic E-state index is 12.0. The third kappa shape index (κ3) is 1.86. The van der Waals surface area contributed by atoms with Crippen molar-refractivity contribution in [2.75, 3.05) is 0 Å². The highest BCUT2D eigenvalue weighted by atomic mass is 16.3. The van der Waals surface area contributed by atoms with E-state index in [1.54, 1.807) is 18.2 Å². The summed E-state index contributed by atoms with van der Waals surface area (Å²) in [5.41, 5.74) is 2.50. The van der Waals surface area contributed by atoms with E-state index in [0.717, 1.165) is 11.3 Å². The Balaban J connectivity index is 1.93. The van der Waals surface area contributed by atoms with Gasteiger partial charge in [0, 0.05) is 5.69 Å². The van der Waals surface area contributed by atoms with Gasteiger partial charge >= 0.3 is 0 Å². The van der Waals surface area contributed by atoms with Crippen LogP contribution in [0.3, 0.4) is 0 Å². The first-order valence-electron chi connectivity index (χ1n) is 5.67. The predicted octanol–water partition coefficient (Wildman–Crippen LogP) is 3.51. The number of rotatable bonds is 3.